The summed E-state index contributed by atoms with van der Waals surface area (Å²) in [6, 6.07) is 17.7. The van der Waals surface area contributed by atoms with Crippen molar-refractivity contribution in [2.45, 2.75) is 11.9 Å². The third-order valence-electron chi connectivity index (χ3n) is 3.43. The molecular weight excluding hydrogens is 340 g/mol. The van der Waals surface area contributed by atoms with E-state index in [0.29, 0.717) is 11.9 Å². The minimum atomic E-state index is -0.717. The van der Waals surface area contributed by atoms with Crippen LogP contribution < -0.4 is 0 Å². The van der Waals surface area contributed by atoms with Crippen LogP contribution in [0.2, 0.25) is 5.02 Å². The van der Waals surface area contributed by atoms with Gasteiger partial charge in [-0.15, -0.1) is 0 Å². The molecule has 2 aromatic rings. The number of hydrogen-bond donors (Lipinski definition) is 0. The van der Waals surface area contributed by atoms with Crippen LogP contribution in [0.15, 0.2) is 54.6 Å². The van der Waals surface area contributed by atoms with Gasteiger partial charge in [-0.1, -0.05) is 70.0 Å². The first kappa shape index (κ1) is 14.1. The summed E-state index contributed by atoms with van der Waals surface area (Å²) >= 11 is 9.43. The Morgan fingerprint density at radius 3 is 2.45 bits per heavy atom. The van der Waals surface area contributed by atoms with E-state index in [1.54, 1.807) is 0 Å². The summed E-state index contributed by atoms with van der Waals surface area (Å²) in [7, 11) is 0. The third kappa shape index (κ3) is 2.63. The summed E-state index contributed by atoms with van der Waals surface area (Å²) in [6.07, 6.45) is -0.0787. The van der Waals surface area contributed by atoms with E-state index in [9.17, 15) is 0 Å². The zero-order valence-electron chi connectivity index (χ0n) is 10.8. The Labute approximate surface area is 131 Å². The lowest BCUT2D eigenvalue weighted by molar-refractivity contribution is -0.157. The van der Waals surface area contributed by atoms with Gasteiger partial charge in [0.05, 0.1) is 11.9 Å². The molecule has 0 spiro atoms. The highest BCUT2D eigenvalue weighted by Gasteiger charge is 2.42. The van der Waals surface area contributed by atoms with Gasteiger partial charge in [0.25, 0.3) is 0 Å². The molecule has 0 bridgehead atoms. The van der Waals surface area contributed by atoms with Gasteiger partial charge < -0.3 is 9.47 Å². The predicted octanol–water partition coefficient (Wildman–Crippen LogP) is 4.68. The average Bonchev–Trinajstić information content (AvgIpc) is 2.95. The molecular formula is C16H14BrClO2. The molecule has 104 valence electrons. The molecule has 0 amide bonds. The summed E-state index contributed by atoms with van der Waals surface area (Å²) in [5.74, 6) is -0.717. The Morgan fingerprint density at radius 2 is 1.80 bits per heavy atom. The maximum Gasteiger partial charge on any atom is 0.205 e. The third-order valence-corrected chi connectivity index (χ3v) is 4.42. The molecule has 2 nitrogen and oxygen atoms in total. The largest absolute Gasteiger partial charge is 0.342 e. The highest BCUT2D eigenvalue weighted by Crippen LogP contribution is 2.41. The summed E-state index contributed by atoms with van der Waals surface area (Å²) in [6.45, 7) is 0.530. The molecule has 1 fully saturated rings. The number of rotatable bonds is 3. The molecule has 0 radical (unpaired) electrons. The lowest BCUT2D eigenvalue weighted by Crippen LogP contribution is -2.29. The van der Waals surface area contributed by atoms with E-state index in [-0.39, 0.29) is 6.10 Å². The number of halogens is 2. The van der Waals surface area contributed by atoms with Crippen LogP contribution in [0.5, 0.6) is 0 Å². The fraction of sp³-hybridized carbons (Fsp3) is 0.250. The van der Waals surface area contributed by atoms with Crippen LogP contribution in [-0.2, 0) is 15.3 Å². The molecule has 0 N–H and O–H groups in total. The van der Waals surface area contributed by atoms with E-state index in [0.717, 1.165) is 16.1 Å². The lowest BCUT2D eigenvalue weighted by atomic mass is 10.1. The summed E-state index contributed by atoms with van der Waals surface area (Å²) < 4.78 is 12.2. The predicted molar refractivity (Wildman–Crippen MR) is 83.1 cm³/mol. The second-order valence-corrected chi connectivity index (χ2v) is 5.72. The zero-order chi connectivity index (χ0) is 14.0. The Hall–Kier alpha value is -0.870. The van der Waals surface area contributed by atoms with Gasteiger partial charge >= 0.3 is 0 Å². The SMILES string of the molecule is Clc1ccc([C@@H]2CO[C@](CBr)(c3ccccc3)O2)cc1. The molecule has 2 atom stereocenters. The second kappa shape index (κ2) is 5.86. The Kier molecular flexibility index (Phi) is 4.13. The molecule has 3 rings (SSSR count). The van der Waals surface area contributed by atoms with Crippen LogP contribution >= 0.6 is 27.5 Å². The molecule has 0 aromatic heterocycles. The fourth-order valence-electron chi connectivity index (χ4n) is 2.34. The molecule has 1 saturated heterocycles. The highest BCUT2D eigenvalue weighted by molar-refractivity contribution is 9.09. The fourth-order valence-corrected chi connectivity index (χ4v) is 3.08. The van der Waals surface area contributed by atoms with Crippen molar-refractivity contribution in [2.24, 2.45) is 0 Å². The topological polar surface area (TPSA) is 18.5 Å². The average molecular weight is 354 g/mol. The van der Waals surface area contributed by atoms with Gasteiger partial charge in [-0.2, -0.15) is 0 Å². The molecule has 0 saturated carbocycles. The lowest BCUT2D eigenvalue weighted by Gasteiger charge is -2.26. The van der Waals surface area contributed by atoms with Crippen molar-refractivity contribution < 1.29 is 9.47 Å². The van der Waals surface area contributed by atoms with Crippen molar-refractivity contribution in [1.82, 2.24) is 0 Å². The normalized spacial score (nSPS) is 25.8. The molecule has 2 aromatic carbocycles. The zero-order valence-corrected chi connectivity index (χ0v) is 13.1. The maximum absolute atomic E-state index is 6.20. The van der Waals surface area contributed by atoms with Gasteiger partial charge in [-0.05, 0) is 17.7 Å². The smallest absolute Gasteiger partial charge is 0.205 e. The van der Waals surface area contributed by atoms with Gasteiger partial charge in [0.15, 0.2) is 0 Å². The molecule has 4 heteroatoms. The van der Waals surface area contributed by atoms with E-state index in [1.165, 1.54) is 0 Å². The number of hydrogen-bond acceptors (Lipinski definition) is 2. The van der Waals surface area contributed by atoms with Gasteiger partial charge in [0.2, 0.25) is 5.79 Å². The van der Waals surface area contributed by atoms with Crippen molar-refractivity contribution in [3.05, 3.63) is 70.7 Å². The standard InChI is InChI=1S/C16H14BrClO2/c17-11-16(13-4-2-1-3-5-13)19-10-15(20-16)12-6-8-14(18)9-7-12/h1-9,15H,10-11H2/t15-,16-/m0/s1. The quantitative estimate of drug-likeness (QED) is 0.746. The molecule has 0 unspecified atom stereocenters. The minimum absolute atomic E-state index is 0.0787. The number of alkyl halides is 1. The first-order chi connectivity index (χ1) is 9.73. The van der Waals surface area contributed by atoms with Crippen molar-refractivity contribution >= 4 is 27.5 Å². The first-order valence-corrected chi connectivity index (χ1v) is 7.92. The summed E-state index contributed by atoms with van der Waals surface area (Å²) in [5, 5.41) is 1.32. The van der Waals surface area contributed by atoms with Crippen LogP contribution in [0.1, 0.15) is 17.2 Å². The van der Waals surface area contributed by atoms with Crippen molar-refractivity contribution in [3.8, 4) is 0 Å². The molecule has 1 aliphatic heterocycles. The second-order valence-electron chi connectivity index (χ2n) is 4.72. The first-order valence-electron chi connectivity index (χ1n) is 6.42. The van der Waals surface area contributed by atoms with Gasteiger partial charge in [-0.3, -0.25) is 0 Å². The summed E-state index contributed by atoms with van der Waals surface area (Å²) in [4.78, 5) is 0. The minimum Gasteiger partial charge on any atom is -0.342 e. The van der Waals surface area contributed by atoms with Crippen LogP contribution in [0.3, 0.4) is 0 Å². The van der Waals surface area contributed by atoms with Crippen molar-refractivity contribution in [1.29, 1.82) is 0 Å². The maximum atomic E-state index is 6.20. The Balaban J connectivity index is 1.86. The van der Waals surface area contributed by atoms with Crippen LogP contribution in [0.25, 0.3) is 0 Å². The van der Waals surface area contributed by atoms with Gasteiger partial charge in [-0.25, -0.2) is 0 Å². The van der Waals surface area contributed by atoms with E-state index in [4.69, 9.17) is 21.1 Å². The molecule has 0 aliphatic carbocycles. The highest BCUT2D eigenvalue weighted by atomic mass is 79.9. The van der Waals surface area contributed by atoms with E-state index >= 15 is 0 Å². The molecule has 1 aliphatic rings. The van der Waals surface area contributed by atoms with Crippen molar-refractivity contribution in [3.63, 3.8) is 0 Å². The van der Waals surface area contributed by atoms with E-state index < -0.39 is 5.79 Å². The Morgan fingerprint density at radius 1 is 1.10 bits per heavy atom. The van der Waals surface area contributed by atoms with Crippen LogP contribution in [0, 0.1) is 0 Å². The van der Waals surface area contributed by atoms with E-state index in [1.807, 2.05) is 54.6 Å². The molecule has 20 heavy (non-hydrogen) atoms. The number of ether oxygens (including phenoxy) is 2. The Bertz CT molecular complexity index is 573. The van der Waals surface area contributed by atoms with E-state index in [2.05, 4.69) is 15.9 Å². The van der Waals surface area contributed by atoms with Crippen LogP contribution in [-0.4, -0.2) is 11.9 Å². The van der Waals surface area contributed by atoms with Crippen molar-refractivity contribution in [2.75, 3.05) is 11.9 Å². The van der Waals surface area contributed by atoms with Gasteiger partial charge in [0.1, 0.15) is 6.10 Å². The van der Waals surface area contributed by atoms with Gasteiger partial charge in [0, 0.05) is 10.6 Å². The van der Waals surface area contributed by atoms with Crippen LogP contribution in [0.4, 0.5) is 0 Å². The number of benzene rings is 2. The summed E-state index contributed by atoms with van der Waals surface area (Å²) in [5.41, 5.74) is 2.10. The molecule has 1 heterocycles. The monoisotopic (exact) mass is 352 g/mol.